The van der Waals surface area contributed by atoms with Gasteiger partial charge in [0.15, 0.2) is 0 Å². The molecule has 1 rings (SSSR count). The Morgan fingerprint density at radius 2 is 2.13 bits per heavy atom. The lowest BCUT2D eigenvalue weighted by molar-refractivity contribution is 0.0423. The van der Waals surface area contributed by atoms with Crippen LogP contribution in [0.1, 0.15) is 6.92 Å². The van der Waals surface area contributed by atoms with Crippen molar-refractivity contribution in [1.29, 1.82) is 0 Å². The lowest BCUT2D eigenvalue weighted by Crippen LogP contribution is -2.47. The van der Waals surface area contributed by atoms with Crippen molar-refractivity contribution in [2.24, 2.45) is 0 Å². The monoisotopic (exact) mass is 216 g/mol. The number of likely N-dealkylation sites (N-methyl/N-ethyl adjacent to an activating group) is 1. The first-order chi connectivity index (χ1) is 7.25. The number of amides is 2. The van der Waals surface area contributed by atoms with E-state index in [2.05, 4.69) is 0 Å². The third-order valence-corrected chi connectivity index (χ3v) is 2.38. The molecule has 0 radical (unpaired) electrons. The molecule has 2 amide bonds. The molecule has 5 nitrogen and oxygen atoms in total. The SMILES string of the molecule is CCOCCN(C)C(=O)N1CCOCC1. The molecule has 0 aromatic heterocycles. The molecule has 0 unspecified atom stereocenters. The summed E-state index contributed by atoms with van der Waals surface area (Å²) in [5.74, 6) is 0. The van der Waals surface area contributed by atoms with E-state index in [1.807, 2.05) is 11.8 Å². The molecule has 1 fully saturated rings. The van der Waals surface area contributed by atoms with E-state index < -0.39 is 0 Å². The van der Waals surface area contributed by atoms with Crippen LogP contribution >= 0.6 is 0 Å². The molecule has 0 aromatic rings. The summed E-state index contributed by atoms with van der Waals surface area (Å²) in [6.07, 6.45) is 0. The molecule has 0 spiro atoms. The maximum absolute atomic E-state index is 11.8. The van der Waals surface area contributed by atoms with E-state index in [-0.39, 0.29) is 6.03 Å². The average Bonchev–Trinajstić information content (AvgIpc) is 2.29. The molecule has 0 atom stereocenters. The zero-order chi connectivity index (χ0) is 11.1. The highest BCUT2D eigenvalue weighted by molar-refractivity contribution is 5.74. The molecule has 0 saturated carbocycles. The summed E-state index contributed by atoms with van der Waals surface area (Å²) >= 11 is 0. The Balaban J connectivity index is 2.24. The summed E-state index contributed by atoms with van der Waals surface area (Å²) in [5, 5.41) is 0. The molecule has 1 heterocycles. The van der Waals surface area contributed by atoms with Crippen LogP contribution in [0.15, 0.2) is 0 Å². The van der Waals surface area contributed by atoms with Gasteiger partial charge < -0.3 is 19.3 Å². The van der Waals surface area contributed by atoms with Crippen molar-refractivity contribution in [3.63, 3.8) is 0 Å². The highest BCUT2D eigenvalue weighted by Gasteiger charge is 2.19. The minimum absolute atomic E-state index is 0.0676. The number of hydrogen-bond acceptors (Lipinski definition) is 3. The normalized spacial score (nSPS) is 16.5. The van der Waals surface area contributed by atoms with Gasteiger partial charge in [0.25, 0.3) is 0 Å². The topological polar surface area (TPSA) is 42.0 Å². The molecular weight excluding hydrogens is 196 g/mol. The van der Waals surface area contributed by atoms with E-state index >= 15 is 0 Å². The zero-order valence-electron chi connectivity index (χ0n) is 9.57. The maximum atomic E-state index is 11.8. The fraction of sp³-hybridized carbons (Fsp3) is 0.900. The van der Waals surface area contributed by atoms with Crippen LogP contribution in [-0.4, -0.2) is 68.9 Å². The number of urea groups is 1. The van der Waals surface area contributed by atoms with E-state index in [0.29, 0.717) is 46.1 Å². The number of morpholine rings is 1. The average molecular weight is 216 g/mol. The standard InChI is InChI=1S/C10H20N2O3/c1-3-14-7-4-11(2)10(13)12-5-8-15-9-6-12/h3-9H2,1-2H3. The first-order valence-electron chi connectivity index (χ1n) is 5.41. The second-order valence-electron chi connectivity index (χ2n) is 3.50. The van der Waals surface area contributed by atoms with Crippen molar-refractivity contribution in [2.45, 2.75) is 6.92 Å². The number of ether oxygens (including phenoxy) is 2. The van der Waals surface area contributed by atoms with Crippen molar-refractivity contribution < 1.29 is 14.3 Å². The molecule has 0 aromatic carbocycles. The number of hydrogen-bond donors (Lipinski definition) is 0. The second-order valence-corrected chi connectivity index (χ2v) is 3.50. The van der Waals surface area contributed by atoms with Gasteiger partial charge in [-0.3, -0.25) is 0 Å². The predicted molar refractivity (Wildman–Crippen MR) is 56.9 cm³/mol. The fourth-order valence-electron chi connectivity index (χ4n) is 1.44. The molecule has 0 N–H and O–H groups in total. The van der Waals surface area contributed by atoms with Crippen LogP contribution in [0.2, 0.25) is 0 Å². The van der Waals surface area contributed by atoms with Crippen LogP contribution in [0.3, 0.4) is 0 Å². The first-order valence-corrected chi connectivity index (χ1v) is 5.41. The smallest absolute Gasteiger partial charge is 0.319 e. The molecule has 1 aliphatic rings. The maximum Gasteiger partial charge on any atom is 0.319 e. The van der Waals surface area contributed by atoms with Crippen molar-refractivity contribution in [1.82, 2.24) is 9.80 Å². The highest BCUT2D eigenvalue weighted by atomic mass is 16.5. The Hall–Kier alpha value is -0.810. The number of carbonyl (C=O) groups excluding carboxylic acids is 1. The Kier molecular flexibility index (Phi) is 5.42. The van der Waals surface area contributed by atoms with Crippen LogP contribution in [0, 0.1) is 0 Å². The lowest BCUT2D eigenvalue weighted by Gasteiger charge is -2.30. The molecule has 1 saturated heterocycles. The second kappa shape index (κ2) is 6.63. The van der Waals surface area contributed by atoms with Gasteiger partial charge >= 0.3 is 6.03 Å². The van der Waals surface area contributed by atoms with Crippen molar-refractivity contribution in [2.75, 3.05) is 53.1 Å². The summed E-state index contributed by atoms with van der Waals surface area (Å²) in [6.45, 7) is 6.56. The lowest BCUT2D eigenvalue weighted by atomic mass is 10.4. The molecule has 0 bridgehead atoms. The Labute approximate surface area is 90.9 Å². The summed E-state index contributed by atoms with van der Waals surface area (Å²) in [6, 6.07) is 0.0676. The predicted octanol–water partition coefficient (Wildman–Crippen LogP) is 0.407. The van der Waals surface area contributed by atoms with Gasteiger partial charge in [-0.15, -0.1) is 0 Å². The van der Waals surface area contributed by atoms with E-state index in [9.17, 15) is 4.79 Å². The van der Waals surface area contributed by atoms with Gasteiger partial charge in [-0.2, -0.15) is 0 Å². The van der Waals surface area contributed by atoms with E-state index in [0.717, 1.165) is 0 Å². The third kappa shape index (κ3) is 4.05. The summed E-state index contributed by atoms with van der Waals surface area (Å²) < 4.78 is 10.4. The van der Waals surface area contributed by atoms with Crippen LogP contribution in [0.25, 0.3) is 0 Å². The quantitative estimate of drug-likeness (QED) is 0.639. The van der Waals surface area contributed by atoms with Gasteiger partial charge in [0.2, 0.25) is 0 Å². The largest absolute Gasteiger partial charge is 0.380 e. The minimum atomic E-state index is 0.0676. The Bertz CT molecular complexity index is 193. The van der Waals surface area contributed by atoms with Crippen molar-refractivity contribution >= 4 is 6.03 Å². The van der Waals surface area contributed by atoms with Crippen LogP contribution in [0.5, 0.6) is 0 Å². The molecule has 5 heteroatoms. The van der Waals surface area contributed by atoms with Crippen LogP contribution in [0.4, 0.5) is 4.79 Å². The number of nitrogens with zero attached hydrogens (tertiary/aromatic N) is 2. The first kappa shape index (κ1) is 12.3. The molecule has 1 aliphatic heterocycles. The van der Waals surface area contributed by atoms with Crippen molar-refractivity contribution in [3.8, 4) is 0 Å². The summed E-state index contributed by atoms with van der Waals surface area (Å²) in [5.41, 5.74) is 0. The van der Waals surface area contributed by atoms with Gasteiger partial charge in [0.1, 0.15) is 0 Å². The van der Waals surface area contributed by atoms with E-state index in [1.54, 1.807) is 11.9 Å². The molecule has 0 aliphatic carbocycles. The Morgan fingerprint density at radius 3 is 2.73 bits per heavy atom. The van der Waals surface area contributed by atoms with Gasteiger partial charge in [-0.25, -0.2) is 4.79 Å². The number of rotatable bonds is 4. The van der Waals surface area contributed by atoms with Crippen molar-refractivity contribution in [3.05, 3.63) is 0 Å². The molecule has 15 heavy (non-hydrogen) atoms. The highest BCUT2D eigenvalue weighted by Crippen LogP contribution is 2.01. The fourth-order valence-corrected chi connectivity index (χ4v) is 1.44. The van der Waals surface area contributed by atoms with Gasteiger partial charge in [-0.1, -0.05) is 0 Å². The zero-order valence-corrected chi connectivity index (χ0v) is 9.57. The number of carbonyl (C=O) groups is 1. The van der Waals surface area contributed by atoms with E-state index in [1.165, 1.54) is 0 Å². The van der Waals surface area contributed by atoms with E-state index in [4.69, 9.17) is 9.47 Å². The van der Waals surface area contributed by atoms with Gasteiger partial charge in [-0.05, 0) is 6.92 Å². The summed E-state index contributed by atoms with van der Waals surface area (Å²) in [7, 11) is 1.80. The molecule has 88 valence electrons. The minimum Gasteiger partial charge on any atom is -0.380 e. The van der Waals surface area contributed by atoms with Gasteiger partial charge in [0.05, 0.1) is 19.8 Å². The van der Waals surface area contributed by atoms with Gasteiger partial charge in [0, 0.05) is 33.3 Å². The summed E-state index contributed by atoms with van der Waals surface area (Å²) in [4.78, 5) is 15.3. The molecular formula is C10H20N2O3. The van der Waals surface area contributed by atoms with Crippen LogP contribution < -0.4 is 0 Å². The third-order valence-electron chi connectivity index (χ3n) is 2.38. The van der Waals surface area contributed by atoms with Crippen LogP contribution in [-0.2, 0) is 9.47 Å². The Morgan fingerprint density at radius 1 is 1.47 bits per heavy atom.